The summed E-state index contributed by atoms with van der Waals surface area (Å²) in [6.45, 7) is 2.77. The van der Waals surface area contributed by atoms with Crippen molar-refractivity contribution in [3.63, 3.8) is 0 Å². The third-order valence-electron chi connectivity index (χ3n) is 2.41. The number of rotatable bonds is 7. The molecule has 1 amide bonds. The summed E-state index contributed by atoms with van der Waals surface area (Å²) >= 11 is 1.82. The van der Waals surface area contributed by atoms with Crippen molar-refractivity contribution in [1.82, 2.24) is 5.32 Å². The highest BCUT2D eigenvalue weighted by molar-refractivity contribution is 7.98. The third-order valence-corrected chi connectivity index (χ3v) is 3.11. The Balaban J connectivity index is 2.27. The maximum absolute atomic E-state index is 11.8. The molecule has 17 heavy (non-hydrogen) atoms. The molecule has 1 rings (SSSR count). The van der Waals surface area contributed by atoms with Crippen LogP contribution < -0.4 is 10.6 Å². The zero-order chi connectivity index (χ0) is 12.5. The molecule has 2 N–H and O–H groups in total. The molecule has 1 aromatic carbocycles. The van der Waals surface area contributed by atoms with Crippen LogP contribution in [-0.2, 0) is 4.79 Å². The minimum atomic E-state index is -0.155. The molecule has 4 heteroatoms. The zero-order valence-electron chi connectivity index (χ0n) is 10.4. The molecule has 0 heterocycles. The lowest BCUT2D eigenvalue weighted by molar-refractivity contribution is -0.117. The van der Waals surface area contributed by atoms with Crippen molar-refractivity contribution in [3.05, 3.63) is 30.3 Å². The number of para-hydroxylation sites is 1. The Kier molecular flexibility index (Phi) is 6.74. The summed E-state index contributed by atoms with van der Waals surface area (Å²) in [5.74, 6) is 1.14. The standard InChI is InChI=1S/C13H20N2OS/c1-11(14-9-6-10-17-2)13(16)15-12-7-4-3-5-8-12/h3-5,7-8,11,14H,6,9-10H2,1-2H3,(H,15,16). The molecular formula is C13H20N2OS. The Bertz CT molecular complexity index is 329. The molecule has 1 aromatic rings. The van der Waals surface area contributed by atoms with Gasteiger partial charge in [-0.3, -0.25) is 4.79 Å². The number of hydrogen-bond donors (Lipinski definition) is 2. The van der Waals surface area contributed by atoms with Gasteiger partial charge >= 0.3 is 0 Å². The average molecular weight is 252 g/mol. The third kappa shape index (κ3) is 5.75. The second kappa shape index (κ2) is 8.14. The maximum Gasteiger partial charge on any atom is 0.241 e. The molecule has 0 aliphatic heterocycles. The summed E-state index contributed by atoms with van der Waals surface area (Å²) in [5.41, 5.74) is 0.843. The van der Waals surface area contributed by atoms with E-state index in [1.54, 1.807) is 0 Å². The van der Waals surface area contributed by atoms with Crippen molar-refractivity contribution in [2.24, 2.45) is 0 Å². The van der Waals surface area contributed by atoms with Crippen molar-refractivity contribution in [2.75, 3.05) is 23.9 Å². The molecule has 1 atom stereocenters. The summed E-state index contributed by atoms with van der Waals surface area (Å²) in [7, 11) is 0. The quantitative estimate of drug-likeness (QED) is 0.732. The fourth-order valence-electron chi connectivity index (χ4n) is 1.40. The molecule has 0 aromatic heterocycles. The zero-order valence-corrected chi connectivity index (χ0v) is 11.2. The van der Waals surface area contributed by atoms with Crippen LogP contribution in [0, 0.1) is 0 Å². The number of carbonyl (C=O) groups is 1. The van der Waals surface area contributed by atoms with E-state index in [9.17, 15) is 4.79 Å². The van der Waals surface area contributed by atoms with Gasteiger partial charge in [-0.1, -0.05) is 18.2 Å². The highest BCUT2D eigenvalue weighted by atomic mass is 32.2. The predicted molar refractivity (Wildman–Crippen MR) is 75.5 cm³/mol. The number of anilines is 1. The van der Waals surface area contributed by atoms with E-state index in [0.29, 0.717) is 0 Å². The molecular weight excluding hydrogens is 232 g/mol. The van der Waals surface area contributed by atoms with Crippen LogP contribution in [0.5, 0.6) is 0 Å². The fraction of sp³-hybridized carbons (Fsp3) is 0.462. The number of benzene rings is 1. The molecule has 3 nitrogen and oxygen atoms in total. The van der Waals surface area contributed by atoms with Gasteiger partial charge in [-0.15, -0.1) is 0 Å². The van der Waals surface area contributed by atoms with Crippen LogP contribution in [0.2, 0.25) is 0 Å². The Hall–Kier alpha value is -1.00. The van der Waals surface area contributed by atoms with Crippen LogP contribution >= 0.6 is 11.8 Å². The monoisotopic (exact) mass is 252 g/mol. The van der Waals surface area contributed by atoms with E-state index in [1.165, 1.54) is 0 Å². The minimum Gasteiger partial charge on any atom is -0.325 e. The molecule has 0 fully saturated rings. The topological polar surface area (TPSA) is 41.1 Å². The second-order valence-corrected chi connectivity index (χ2v) is 4.86. The first-order valence-electron chi connectivity index (χ1n) is 5.82. The summed E-state index contributed by atoms with van der Waals surface area (Å²) in [6.07, 6.45) is 3.18. The second-order valence-electron chi connectivity index (χ2n) is 3.88. The van der Waals surface area contributed by atoms with Crippen LogP contribution in [0.25, 0.3) is 0 Å². The minimum absolute atomic E-state index is 0.0142. The van der Waals surface area contributed by atoms with Crippen molar-refractivity contribution in [2.45, 2.75) is 19.4 Å². The number of nitrogens with one attached hydrogen (secondary N) is 2. The first-order chi connectivity index (χ1) is 8.24. The lowest BCUT2D eigenvalue weighted by Gasteiger charge is -2.13. The van der Waals surface area contributed by atoms with Gasteiger partial charge in [0.15, 0.2) is 0 Å². The Labute approximate surface area is 107 Å². The molecule has 1 unspecified atom stereocenters. The van der Waals surface area contributed by atoms with Gasteiger partial charge in [0.25, 0.3) is 0 Å². The van der Waals surface area contributed by atoms with E-state index in [4.69, 9.17) is 0 Å². The van der Waals surface area contributed by atoms with E-state index in [1.807, 2.05) is 49.0 Å². The van der Waals surface area contributed by atoms with E-state index in [-0.39, 0.29) is 11.9 Å². The maximum atomic E-state index is 11.8. The Morgan fingerprint density at radius 1 is 1.35 bits per heavy atom. The molecule has 0 saturated heterocycles. The first kappa shape index (κ1) is 14.1. The molecule has 0 aliphatic carbocycles. The van der Waals surface area contributed by atoms with E-state index in [0.717, 1.165) is 24.4 Å². The summed E-state index contributed by atoms with van der Waals surface area (Å²) < 4.78 is 0. The van der Waals surface area contributed by atoms with Crippen molar-refractivity contribution in [1.29, 1.82) is 0 Å². The SMILES string of the molecule is CSCCCNC(C)C(=O)Nc1ccccc1. The van der Waals surface area contributed by atoms with Gasteiger partial charge in [0.1, 0.15) is 0 Å². The largest absolute Gasteiger partial charge is 0.325 e. The van der Waals surface area contributed by atoms with Crippen LogP contribution in [-0.4, -0.2) is 30.5 Å². The fourth-order valence-corrected chi connectivity index (χ4v) is 1.83. The van der Waals surface area contributed by atoms with Crippen molar-refractivity contribution in [3.8, 4) is 0 Å². The lowest BCUT2D eigenvalue weighted by Crippen LogP contribution is -2.38. The summed E-state index contributed by atoms with van der Waals surface area (Å²) in [5, 5.41) is 6.09. The molecule has 94 valence electrons. The Morgan fingerprint density at radius 2 is 2.06 bits per heavy atom. The van der Waals surface area contributed by atoms with Crippen LogP contribution in [0.3, 0.4) is 0 Å². The number of carbonyl (C=O) groups excluding carboxylic acids is 1. The normalized spacial score (nSPS) is 12.1. The number of hydrogen-bond acceptors (Lipinski definition) is 3. The highest BCUT2D eigenvalue weighted by Gasteiger charge is 2.11. The van der Waals surface area contributed by atoms with Gasteiger partial charge in [-0.05, 0) is 44.0 Å². The summed E-state index contributed by atoms with van der Waals surface area (Å²) in [6, 6.07) is 9.37. The summed E-state index contributed by atoms with van der Waals surface area (Å²) in [4.78, 5) is 11.8. The first-order valence-corrected chi connectivity index (χ1v) is 7.21. The molecule has 0 aliphatic rings. The molecule has 0 spiro atoms. The molecule has 0 radical (unpaired) electrons. The van der Waals surface area contributed by atoms with E-state index < -0.39 is 0 Å². The van der Waals surface area contributed by atoms with Gasteiger partial charge in [0.2, 0.25) is 5.91 Å². The predicted octanol–water partition coefficient (Wildman–Crippen LogP) is 2.36. The highest BCUT2D eigenvalue weighted by Crippen LogP contribution is 2.05. The van der Waals surface area contributed by atoms with E-state index >= 15 is 0 Å². The van der Waals surface area contributed by atoms with Crippen molar-refractivity contribution < 1.29 is 4.79 Å². The average Bonchev–Trinajstić information content (AvgIpc) is 2.35. The van der Waals surface area contributed by atoms with Crippen molar-refractivity contribution >= 4 is 23.4 Å². The molecule has 0 bridgehead atoms. The smallest absolute Gasteiger partial charge is 0.241 e. The van der Waals surface area contributed by atoms with Crippen LogP contribution in [0.4, 0.5) is 5.69 Å². The molecule has 0 saturated carbocycles. The van der Waals surface area contributed by atoms with Crippen LogP contribution in [0.1, 0.15) is 13.3 Å². The van der Waals surface area contributed by atoms with Crippen LogP contribution in [0.15, 0.2) is 30.3 Å². The lowest BCUT2D eigenvalue weighted by atomic mass is 10.2. The van der Waals surface area contributed by atoms with Gasteiger partial charge < -0.3 is 10.6 Å². The van der Waals surface area contributed by atoms with Gasteiger partial charge in [-0.25, -0.2) is 0 Å². The Morgan fingerprint density at radius 3 is 2.71 bits per heavy atom. The van der Waals surface area contributed by atoms with Gasteiger partial charge in [-0.2, -0.15) is 11.8 Å². The van der Waals surface area contributed by atoms with Gasteiger partial charge in [0, 0.05) is 5.69 Å². The van der Waals surface area contributed by atoms with Gasteiger partial charge in [0.05, 0.1) is 6.04 Å². The number of thioether (sulfide) groups is 1. The number of amides is 1. The van der Waals surface area contributed by atoms with E-state index in [2.05, 4.69) is 16.9 Å².